The Kier molecular flexibility index (Phi) is 8.37. The summed E-state index contributed by atoms with van der Waals surface area (Å²) >= 11 is 0. The fourth-order valence-electron chi connectivity index (χ4n) is 5.27. The molecular weight excluding hydrogens is 546 g/mol. The number of nitrogens with one attached hydrogen (secondary N) is 4. The number of carbonyl (C=O) groups excluding carboxylic acids is 1. The summed E-state index contributed by atoms with van der Waals surface area (Å²) in [5, 5.41) is 26.9. The molecule has 2 atom stereocenters. The first-order valence-electron chi connectivity index (χ1n) is 13.6. The van der Waals surface area contributed by atoms with Crippen molar-refractivity contribution in [3.63, 3.8) is 0 Å². The van der Waals surface area contributed by atoms with Crippen LogP contribution in [0.3, 0.4) is 0 Å². The van der Waals surface area contributed by atoms with E-state index in [0.29, 0.717) is 34.9 Å². The molecule has 1 saturated carbocycles. The molecule has 1 aliphatic carbocycles. The minimum atomic E-state index is -1.26. The highest BCUT2D eigenvalue weighted by atomic mass is 19.1. The molecule has 0 saturated heterocycles. The molecule has 11 heteroatoms. The second kappa shape index (κ2) is 12.3. The molecule has 1 unspecified atom stereocenters. The number of aromatic nitrogens is 1. The average Bonchev–Trinajstić information content (AvgIpc) is 3.74. The van der Waals surface area contributed by atoms with Crippen molar-refractivity contribution in [1.29, 1.82) is 0 Å². The first-order chi connectivity index (χ1) is 20.2. The summed E-state index contributed by atoms with van der Waals surface area (Å²) in [6, 6.07) is 16.4. The van der Waals surface area contributed by atoms with E-state index in [0.717, 1.165) is 24.0 Å². The van der Waals surface area contributed by atoms with Crippen LogP contribution < -0.4 is 16.0 Å². The van der Waals surface area contributed by atoms with Gasteiger partial charge in [0.2, 0.25) is 0 Å². The van der Waals surface area contributed by atoms with E-state index in [-0.39, 0.29) is 30.0 Å². The zero-order chi connectivity index (χ0) is 29.8. The molecule has 3 aromatic carbocycles. The SMILES string of the molecule is O=C(O)NC(CC[C@@H](CNC(=O)c1[nH]c2cc(-c3ccc(F)cc3)ccc2c1-c1ccc(F)cc1)NC(=O)O)C1CC1. The number of hydrogen-bond acceptors (Lipinski definition) is 3. The molecule has 1 fully saturated rings. The molecule has 5 rings (SSSR count). The van der Waals surface area contributed by atoms with Gasteiger partial charge in [-0.05, 0) is 78.6 Å². The first kappa shape index (κ1) is 28.6. The van der Waals surface area contributed by atoms with Gasteiger partial charge in [-0.1, -0.05) is 36.4 Å². The summed E-state index contributed by atoms with van der Waals surface area (Å²) < 4.78 is 27.2. The summed E-state index contributed by atoms with van der Waals surface area (Å²) in [7, 11) is 0. The fraction of sp³-hybridized carbons (Fsp3) is 0.258. The number of aromatic amines is 1. The second-order valence-corrected chi connectivity index (χ2v) is 10.5. The lowest BCUT2D eigenvalue weighted by molar-refractivity contribution is 0.0943. The summed E-state index contributed by atoms with van der Waals surface area (Å²) in [5.41, 5.74) is 3.59. The van der Waals surface area contributed by atoms with Gasteiger partial charge in [-0.25, -0.2) is 18.4 Å². The third-order valence-corrected chi connectivity index (χ3v) is 7.50. The molecule has 1 aromatic heterocycles. The van der Waals surface area contributed by atoms with Crippen LogP contribution in [0.1, 0.15) is 36.2 Å². The van der Waals surface area contributed by atoms with Crippen LogP contribution in [0.15, 0.2) is 66.7 Å². The number of H-pyrrole nitrogens is 1. The van der Waals surface area contributed by atoms with E-state index in [1.54, 1.807) is 24.3 Å². The van der Waals surface area contributed by atoms with Crippen LogP contribution in [0, 0.1) is 17.6 Å². The maximum Gasteiger partial charge on any atom is 0.404 e. The fourth-order valence-corrected chi connectivity index (χ4v) is 5.27. The molecule has 9 nitrogen and oxygen atoms in total. The number of benzene rings is 3. The number of hydrogen-bond donors (Lipinski definition) is 6. The highest BCUT2D eigenvalue weighted by Crippen LogP contribution is 2.36. The number of fused-ring (bicyclic) bond motifs is 1. The topological polar surface area (TPSA) is 144 Å². The monoisotopic (exact) mass is 576 g/mol. The van der Waals surface area contributed by atoms with Crippen molar-refractivity contribution < 1.29 is 33.4 Å². The van der Waals surface area contributed by atoms with Gasteiger partial charge in [0.25, 0.3) is 5.91 Å². The molecule has 0 radical (unpaired) electrons. The van der Waals surface area contributed by atoms with Crippen LogP contribution in [0.5, 0.6) is 0 Å². The molecule has 1 heterocycles. The van der Waals surface area contributed by atoms with Crippen molar-refractivity contribution in [2.45, 2.75) is 37.8 Å². The Morgan fingerprint density at radius 3 is 2.00 bits per heavy atom. The van der Waals surface area contributed by atoms with Crippen molar-refractivity contribution >= 4 is 29.0 Å². The van der Waals surface area contributed by atoms with Gasteiger partial charge in [0.1, 0.15) is 17.3 Å². The summed E-state index contributed by atoms with van der Waals surface area (Å²) in [4.78, 5) is 39.3. The van der Waals surface area contributed by atoms with Gasteiger partial charge in [-0.15, -0.1) is 0 Å². The van der Waals surface area contributed by atoms with Gasteiger partial charge < -0.3 is 31.1 Å². The molecule has 4 aromatic rings. The number of rotatable bonds is 11. The van der Waals surface area contributed by atoms with E-state index >= 15 is 0 Å². The molecule has 1 aliphatic rings. The third-order valence-electron chi connectivity index (χ3n) is 7.50. The number of carbonyl (C=O) groups is 3. The Morgan fingerprint density at radius 2 is 1.40 bits per heavy atom. The van der Waals surface area contributed by atoms with Gasteiger partial charge >= 0.3 is 12.2 Å². The Balaban J connectivity index is 1.40. The summed E-state index contributed by atoms with van der Waals surface area (Å²) in [6.45, 7) is -0.0331. The van der Waals surface area contributed by atoms with Crippen LogP contribution in [-0.2, 0) is 0 Å². The van der Waals surface area contributed by atoms with E-state index in [9.17, 15) is 28.3 Å². The van der Waals surface area contributed by atoms with E-state index in [4.69, 9.17) is 5.11 Å². The Labute approximate surface area is 239 Å². The van der Waals surface area contributed by atoms with Crippen LogP contribution in [0.4, 0.5) is 18.4 Å². The standard InChI is InChI=1S/C31H30F2N4O5/c32-21-8-3-17(4-9-21)20-7-13-24-26(15-20)36-28(27(24)19-5-10-22(33)11-6-19)29(38)34-16-23(35-30(39)40)12-14-25(18-1-2-18)37-31(41)42/h3-11,13,15,18,23,25,35-37H,1-2,12,14,16H2,(H,34,38)(H,39,40)(H,41,42)/t23-,25?/m0/s1. The molecule has 218 valence electrons. The average molecular weight is 577 g/mol. The Hall–Kier alpha value is -4.93. The van der Waals surface area contributed by atoms with Crippen molar-refractivity contribution in [2.24, 2.45) is 5.92 Å². The molecule has 6 N–H and O–H groups in total. The molecule has 3 amide bonds. The van der Waals surface area contributed by atoms with E-state index in [1.807, 2.05) is 18.2 Å². The molecule has 42 heavy (non-hydrogen) atoms. The predicted octanol–water partition coefficient (Wildman–Crippen LogP) is 5.97. The van der Waals surface area contributed by atoms with Gasteiger partial charge in [0.15, 0.2) is 0 Å². The first-order valence-corrected chi connectivity index (χ1v) is 13.6. The van der Waals surface area contributed by atoms with Crippen LogP contribution >= 0.6 is 0 Å². The van der Waals surface area contributed by atoms with E-state index < -0.39 is 30.0 Å². The van der Waals surface area contributed by atoms with Crippen LogP contribution in [-0.4, -0.2) is 51.9 Å². The minimum Gasteiger partial charge on any atom is -0.465 e. The van der Waals surface area contributed by atoms with Gasteiger partial charge in [0.05, 0.1) is 0 Å². The van der Waals surface area contributed by atoms with Crippen molar-refractivity contribution in [3.05, 3.63) is 84.1 Å². The molecule has 0 aliphatic heterocycles. The Bertz CT molecular complexity index is 1600. The zero-order valence-electron chi connectivity index (χ0n) is 22.5. The van der Waals surface area contributed by atoms with Gasteiger partial charge in [-0.2, -0.15) is 0 Å². The zero-order valence-corrected chi connectivity index (χ0v) is 22.5. The van der Waals surface area contributed by atoms with Crippen molar-refractivity contribution in [2.75, 3.05) is 6.54 Å². The lowest BCUT2D eigenvalue weighted by Crippen LogP contribution is -2.45. The lowest BCUT2D eigenvalue weighted by atomic mass is 9.98. The Morgan fingerprint density at radius 1 is 0.810 bits per heavy atom. The molecular formula is C31H30F2N4O5. The van der Waals surface area contributed by atoms with Crippen LogP contribution in [0.25, 0.3) is 33.2 Å². The number of halogens is 2. The quantitative estimate of drug-likeness (QED) is 0.130. The van der Waals surface area contributed by atoms with Crippen LogP contribution in [0.2, 0.25) is 0 Å². The number of amides is 3. The van der Waals surface area contributed by atoms with Crippen molar-refractivity contribution in [1.82, 2.24) is 20.9 Å². The summed E-state index contributed by atoms with van der Waals surface area (Å²) in [5.74, 6) is -1.04. The normalized spacial score (nSPS) is 14.2. The van der Waals surface area contributed by atoms with E-state index in [2.05, 4.69) is 20.9 Å². The van der Waals surface area contributed by atoms with Gasteiger partial charge in [-0.3, -0.25) is 4.79 Å². The van der Waals surface area contributed by atoms with Crippen molar-refractivity contribution in [3.8, 4) is 22.3 Å². The second-order valence-electron chi connectivity index (χ2n) is 10.5. The predicted molar refractivity (Wildman–Crippen MR) is 153 cm³/mol. The third kappa shape index (κ3) is 6.85. The molecule has 0 spiro atoms. The highest BCUT2D eigenvalue weighted by molar-refractivity contribution is 6.10. The molecule has 0 bridgehead atoms. The lowest BCUT2D eigenvalue weighted by Gasteiger charge is -2.22. The highest BCUT2D eigenvalue weighted by Gasteiger charge is 2.33. The largest absolute Gasteiger partial charge is 0.465 e. The number of carboxylic acid groups (broad SMARTS) is 2. The maximum absolute atomic E-state index is 13.7. The smallest absolute Gasteiger partial charge is 0.404 e. The maximum atomic E-state index is 13.7. The summed E-state index contributed by atoms with van der Waals surface area (Å²) in [6.07, 6.45) is 0.165. The van der Waals surface area contributed by atoms with E-state index in [1.165, 1.54) is 24.3 Å². The van der Waals surface area contributed by atoms with Gasteiger partial charge in [0, 0.05) is 35.1 Å². The minimum absolute atomic E-state index is 0.0331.